The van der Waals surface area contributed by atoms with E-state index in [-0.39, 0.29) is 24.0 Å². The van der Waals surface area contributed by atoms with E-state index in [9.17, 15) is 0 Å². The van der Waals surface area contributed by atoms with Crippen LogP contribution in [-0.4, -0.2) is 19.0 Å². The maximum atomic E-state index is 4.24. The van der Waals surface area contributed by atoms with Gasteiger partial charge in [-0.3, -0.25) is 4.99 Å². The second-order valence-corrected chi connectivity index (χ2v) is 4.50. The molecule has 2 N–H and O–H groups in total. The Kier molecular flexibility index (Phi) is 9.65. The molecule has 0 saturated heterocycles. The fourth-order valence-electron chi connectivity index (χ4n) is 1.78. The molecular weight excluding hydrogens is 349 g/mol. The Balaban J connectivity index is 0.00000324. The van der Waals surface area contributed by atoms with Crippen molar-refractivity contribution in [2.45, 2.75) is 46.2 Å². The van der Waals surface area contributed by atoms with Crippen molar-refractivity contribution >= 4 is 29.9 Å². The zero-order chi connectivity index (χ0) is 13.4. The molecule has 0 aliphatic carbocycles. The van der Waals surface area contributed by atoms with E-state index in [1.165, 1.54) is 11.1 Å². The van der Waals surface area contributed by atoms with Crippen molar-refractivity contribution in [3.05, 3.63) is 35.4 Å². The third-order valence-corrected chi connectivity index (χ3v) is 3.16. The number of hydrogen-bond acceptors (Lipinski definition) is 1. The summed E-state index contributed by atoms with van der Waals surface area (Å²) in [5.74, 6) is 0.871. The molecule has 0 radical (unpaired) electrons. The fraction of sp³-hybridized carbons (Fsp3) is 0.533. The Labute approximate surface area is 134 Å². The van der Waals surface area contributed by atoms with Gasteiger partial charge in [0, 0.05) is 19.6 Å². The van der Waals surface area contributed by atoms with E-state index in [0.29, 0.717) is 6.04 Å². The molecule has 1 unspecified atom stereocenters. The third kappa shape index (κ3) is 6.27. The van der Waals surface area contributed by atoms with Crippen LogP contribution in [0.1, 0.15) is 38.3 Å². The van der Waals surface area contributed by atoms with Gasteiger partial charge in [-0.2, -0.15) is 0 Å². The highest BCUT2D eigenvalue weighted by molar-refractivity contribution is 14.0. The van der Waals surface area contributed by atoms with Crippen molar-refractivity contribution in [3.8, 4) is 0 Å². The fourth-order valence-corrected chi connectivity index (χ4v) is 1.78. The van der Waals surface area contributed by atoms with E-state index < -0.39 is 0 Å². The van der Waals surface area contributed by atoms with Gasteiger partial charge in [-0.15, -0.1) is 24.0 Å². The van der Waals surface area contributed by atoms with Gasteiger partial charge >= 0.3 is 0 Å². The topological polar surface area (TPSA) is 36.4 Å². The van der Waals surface area contributed by atoms with E-state index in [1.54, 1.807) is 0 Å². The molecule has 19 heavy (non-hydrogen) atoms. The number of benzene rings is 1. The lowest BCUT2D eigenvalue weighted by molar-refractivity contribution is 0.624. The largest absolute Gasteiger partial charge is 0.354 e. The standard InChI is InChI=1S/C15H25N3.HI/c1-5-12(3)18-15(16-4)17-11-14-10-8-7-9-13(14)6-2;/h7-10,12H,5-6,11H2,1-4H3,(H2,16,17,18);1H. The van der Waals surface area contributed by atoms with Crippen LogP contribution in [0.2, 0.25) is 0 Å². The molecule has 1 aromatic carbocycles. The molecule has 0 bridgehead atoms. The molecule has 0 heterocycles. The Morgan fingerprint density at radius 2 is 1.84 bits per heavy atom. The minimum atomic E-state index is 0. The summed E-state index contributed by atoms with van der Waals surface area (Å²) in [6, 6.07) is 8.97. The quantitative estimate of drug-likeness (QED) is 0.471. The van der Waals surface area contributed by atoms with Gasteiger partial charge in [-0.25, -0.2) is 0 Å². The Morgan fingerprint density at radius 1 is 1.21 bits per heavy atom. The van der Waals surface area contributed by atoms with Crippen LogP contribution < -0.4 is 10.6 Å². The molecule has 0 fully saturated rings. The molecule has 1 atom stereocenters. The second-order valence-electron chi connectivity index (χ2n) is 4.50. The lowest BCUT2D eigenvalue weighted by Gasteiger charge is -2.17. The molecule has 0 spiro atoms. The number of nitrogens with zero attached hydrogens (tertiary/aromatic N) is 1. The van der Waals surface area contributed by atoms with Crippen LogP contribution in [0.3, 0.4) is 0 Å². The zero-order valence-electron chi connectivity index (χ0n) is 12.4. The Morgan fingerprint density at radius 3 is 2.37 bits per heavy atom. The van der Waals surface area contributed by atoms with Crippen molar-refractivity contribution in [1.29, 1.82) is 0 Å². The Bertz CT molecular complexity index is 391. The molecule has 1 rings (SSSR count). The first-order chi connectivity index (χ1) is 8.71. The van der Waals surface area contributed by atoms with Gasteiger partial charge in [0.25, 0.3) is 0 Å². The van der Waals surface area contributed by atoms with Crippen LogP contribution in [-0.2, 0) is 13.0 Å². The summed E-state index contributed by atoms with van der Waals surface area (Å²) in [5.41, 5.74) is 2.73. The van der Waals surface area contributed by atoms with Crippen molar-refractivity contribution in [3.63, 3.8) is 0 Å². The smallest absolute Gasteiger partial charge is 0.191 e. The van der Waals surface area contributed by atoms with E-state index in [1.807, 2.05) is 7.05 Å². The first kappa shape index (κ1) is 18.2. The second kappa shape index (κ2) is 10.1. The molecule has 0 saturated carbocycles. The van der Waals surface area contributed by atoms with Crippen LogP contribution in [0.25, 0.3) is 0 Å². The highest BCUT2D eigenvalue weighted by Gasteiger charge is 2.04. The average Bonchev–Trinajstić information content (AvgIpc) is 2.43. The first-order valence-corrected chi connectivity index (χ1v) is 6.75. The van der Waals surface area contributed by atoms with Crippen LogP contribution in [0.5, 0.6) is 0 Å². The molecular formula is C15H26IN3. The lowest BCUT2D eigenvalue weighted by Crippen LogP contribution is -2.41. The minimum Gasteiger partial charge on any atom is -0.354 e. The van der Waals surface area contributed by atoms with Gasteiger partial charge in [-0.1, -0.05) is 38.1 Å². The predicted octanol–water partition coefficient (Wildman–Crippen LogP) is 3.33. The van der Waals surface area contributed by atoms with E-state index in [4.69, 9.17) is 0 Å². The SMILES string of the molecule is CCc1ccccc1CNC(=NC)NC(C)CC.I. The van der Waals surface area contributed by atoms with Crippen LogP contribution in [0.15, 0.2) is 29.3 Å². The Hall–Kier alpha value is -0.780. The van der Waals surface area contributed by atoms with Gasteiger partial charge in [0.15, 0.2) is 5.96 Å². The highest BCUT2D eigenvalue weighted by atomic mass is 127. The summed E-state index contributed by atoms with van der Waals surface area (Å²) in [7, 11) is 1.81. The molecule has 0 aliphatic rings. The minimum absolute atomic E-state index is 0. The summed E-state index contributed by atoms with van der Waals surface area (Å²) in [5, 5.41) is 6.73. The third-order valence-electron chi connectivity index (χ3n) is 3.16. The van der Waals surface area contributed by atoms with Gasteiger partial charge < -0.3 is 10.6 Å². The molecule has 0 aliphatic heterocycles. The number of guanidine groups is 1. The van der Waals surface area contributed by atoms with E-state index >= 15 is 0 Å². The normalized spacial score (nSPS) is 12.5. The predicted molar refractivity (Wildman–Crippen MR) is 94.3 cm³/mol. The molecule has 3 nitrogen and oxygen atoms in total. The summed E-state index contributed by atoms with van der Waals surface area (Å²) in [6.07, 6.45) is 2.15. The zero-order valence-corrected chi connectivity index (χ0v) is 14.7. The monoisotopic (exact) mass is 375 g/mol. The highest BCUT2D eigenvalue weighted by Crippen LogP contribution is 2.08. The van der Waals surface area contributed by atoms with Crippen LogP contribution in [0, 0.1) is 0 Å². The molecule has 0 amide bonds. The summed E-state index contributed by atoms with van der Waals surface area (Å²) in [4.78, 5) is 4.24. The summed E-state index contributed by atoms with van der Waals surface area (Å²) in [6.45, 7) is 7.33. The molecule has 4 heteroatoms. The van der Waals surface area contributed by atoms with E-state index in [2.05, 4.69) is 60.7 Å². The maximum Gasteiger partial charge on any atom is 0.191 e. The number of rotatable bonds is 5. The van der Waals surface area contributed by atoms with E-state index in [0.717, 1.165) is 25.3 Å². The summed E-state index contributed by atoms with van der Waals surface area (Å²) < 4.78 is 0. The van der Waals surface area contributed by atoms with Crippen LogP contribution in [0.4, 0.5) is 0 Å². The van der Waals surface area contributed by atoms with Gasteiger partial charge in [0.05, 0.1) is 0 Å². The number of aliphatic imine (C=N–C) groups is 1. The number of nitrogens with one attached hydrogen (secondary N) is 2. The maximum absolute atomic E-state index is 4.24. The first-order valence-electron chi connectivity index (χ1n) is 6.75. The van der Waals surface area contributed by atoms with Gasteiger partial charge in [0.2, 0.25) is 0 Å². The van der Waals surface area contributed by atoms with Crippen LogP contribution >= 0.6 is 24.0 Å². The lowest BCUT2D eigenvalue weighted by atomic mass is 10.1. The molecule has 108 valence electrons. The van der Waals surface area contributed by atoms with Crippen molar-refractivity contribution in [2.24, 2.45) is 4.99 Å². The van der Waals surface area contributed by atoms with Crippen molar-refractivity contribution in [1.82, 2.24) is 10.6 Å². The summed E-state index contributed by atoms with van der Waals surface area (Å²) >= 11 is 0. The van der Waals surface area contributed by atoms with Gasteiger partial charge in [0.1, 0.15) is 0 Å². The molecule has 1 aromatic rings. The van der Waals surface area contributed by atoms with Gasteiger partial charge in [-0.05, 0) is 30.9 Å². The number of aryl methyl sites for hydroxylation is 1. The number of hydrogen-bond donors (Lipinski definition) is 2. The van der Waals surface area contributed by atoms with Crippen molar-refractivity contribution in [2.75, 3.05) is 7.05 Å². The number of halogens is 1. The molecule has 0 aromatic heterocycles. The van der Waals surface area contributed by atoms with Crippen molar-refractivity contribution < 1.29 is 0 Å². The average molecular weight is 375 g/mol.